The maximum Gasteiger partial charge on any atom is 0.407 e. The Morgan fingerprint density at radius 2 is 1.88 bits per heavy atom. The molecule has 2 aromatic carbocycles. The second-order valence-corrected chi connectivity index (χ2v) is 6.59. The molecule has 4 rings (SSSR count). The molecular weight excluding hydrogens is 345 g/mol. The number of carbonyl (C=O) groups excluding carboxylic acids is 1. The van der Waals surface area contributed by atoms with Crippen LogP contribution in [0.25, 0.3) is 0 Å². The number of anilines is 1. The highest BCUT2D eigenvalue weighted by Crippen LogP contribution is 2.57. The van der Waals surface area contributed by atoms with E-state index in [-0.39, 0.29) is 22.4 Å². The summed E-state index contributed by atoms with van der Waals surface area (Å²) >= 11 is 0. The summed E-state index contributed by atoms with van der Waals surface area (Å²) in [6.45, 7) is 0. The molecule has 7 heteroatoms. The summed E-state index contributed by atoms with van der Waals surface area (Å²) in [5.41, 5.74) is -1.18. The Morgan fingerprint density at radius 3 is 2.58 bits per heavy atom. The van der Waals surface area contributed by atoms with Gasteiger partial charge in [0.2, 0.25) is 0 Å². The molecule has 26 heavy (non-hydrogen) atoms. The molecule has 4 nitrogen and oxygen atoms in total. The van der Waals surface area contributed by atoms with E-state index in [1.54, 1.807) is 37.2 Å². The van der Waals surface area contributed by atoms with Gasteiger partial charge < -0.3 is 9.64 Å². The molecule has 0 aromatic heterocycles. The number of halogens is 3. The number of hydrogen-bond donors (Lipinski definition) is 0. The quantitative estimate of drug-likeness (QED) is 0.755. The van der Waals surface area contributed by atoms with Crippen molar-refractivity contribution < 1.29 is 22.7 Å². The van der Waals surface area contributed by atoms with Crippen LogP contribution in [0.15, 0.2) is 47.5 Å². The molecule has 0 saturated heterocycles. The fourth-order valence-electron chi connectivity index (χ4n) is 3.56. The second-order valence-electron chi connectivity index (χ2n) is 6.59. The average molecular weight is 360 g/mol. The standard InChI is InChI=1S/C19H15F3N2O2/c1-24(2)11-7-8-12-13(9-11)17(25)26-16(12)18(19(20,21)22)10-23-15-6-4-3-5-14(15)18/h3-10,16H,1-2H3. The number of cyclic esters (lactones) is 1. The highest BCUT2D eigenvalue weighted by atomic mass is 19.4. The van der Waals surface area contributed by atoms with Crippen LogP contribution in [-0.2, 0) is 10.2 Å². The highest BCUT2D eigenvalue weighted by molar-refractivity contribution is 5.97. The first kappa shape index (κ1) is 16.6. The maximum atomic E-state index is 14.3. The molecule has 134 valence electrons. The van der Waals surface area contributed by atoms with Crippen LogP contribution in [0.1, 0.15) is 27.6 Å². The number of para-hydroxylation sites is 1. The van der Waals surface area contributed by atoms with Gasteiger partial charge in [0.05, 0.1) is 11.3 Å². The van der Waals surface area contributed by atoms with Crippen molar-refractivity contribution in [1.29, 1.82) is 0 Å². The summed E-state index contributed by atoms with van der Waals surface area (Å²) in [7, 11) is 3.58. The van der Waals surface area contributed by atoms with Gasteiger partial charge in [-0.3, -0.25) is 4.99 Å². The first-order valence-corrected chi connectivity index (χ1v) is 7.99. The van der Waals surface area contributed by atoms with E-state index in [0.717, 1.165) is 6.21 Å². The number of ether oxygens (including phenoxy) is 1. The minimum atomic E-state index is -4.68. The number of benzene rings is 2. The van der Waals surface area contributed by atoms with Crippen LogP contribution in [0.2, 0.25) is 0 Å². The van der Waals surface area contributed by atoms with Crippen molar-refractivity contribution in [2.75, 3.05) is 19.0 Å². The molecule has 2 unspecified atom stereocenters. The molecule has 2 aliphatic heterocycles. The summed E-state index contributed by atoms with van der Waals surface area (Å²) in [5, 5.41) is 0. The summed E-state index contributed by atoms with van der Waals surface area (Å²) in [5.74, 6) is -0.755. The number of nitrogens with zero attached hydrogens (tertiary/aromatic N) is 2. The Bertz CT molecular complexity index is 937. The molecule has 0 spiro atoms. The molecule has 0 saturated carbocycles. The van der Waals surface area contributed by atoms with E-state index in [1.807, 2.05) is 0 Å². The average Bonchev–Trinajstić information content (AvgIpc) is 3.13. The third-order valence-electron chi connectivity index (χ3n) is 4.92. The van der Waals surface area contributed by atoms with E-state index in [0.29, 0.717) is 5.69 Å². The minimum absolute atomic E-state index is 0.00478. The number of rotatable bonds is 2. The lowest BCUT2D eigenvalue weighted by molar-refractivity contribution is -0.191. The zero-order chi connectivity index (χ0) is 18.7. The summed E-state index contributed by atoms with van der Waals surface area (Å²) in [6.07, 6.45) is -5.32. The zero-order valence-electron chi connectivity index (χ0n) is 14.0. The van der Waals surface area contributed by atoms with E-state index in [9.17, 15) is 18.0 Å². The molecule has 0 aliphatic carbocycles. The van der Waals surface area contributed by atoms with Gasteiger partial charge in [0.1, 0.15) is 0 Å². The van der Waals surface area contributed by atoms with Crippen LogP contribution in [0.4, 0.5) is 24.5 Å². The number of fused-ring (bicyclic) bond motifs is 2. The first-order valence-electron chi connectivity index (χ1n) is 7.99. The molecule has 0 N–H and O–H groups in total. The Kier molecular flexibility index (Phi) is 3.41. The lowest BCUT2D eigenvalue weighted by Crippen LogP contribution is -2.47. The van der Waals surface area contributed by atoms with Crippen molar-refractivity contribution in [3.8, 4) is 0 Å². The number of esters is 1. The van der Waals surface area contributed by atoms with E-state index in [4.69, 9.17) is 4.74 Å². The first-order chi connectivity index (χ1) is 12.3. The van der Waals surface area contributed by atoms with Crippen LogP contribution < -0.4 is 4.90 Å². The lowest BCUT2D eigenvalue weighted by atomic mass is 9.74. The van der Waals surface area contributed by atoms with Gasteiger partial charge in [-0.2, -0.15) is 13.2 Å². The molecule has 0 radical (unpaired) electrons. The van der Waals surface area contributed by atoms with Crippen molar-refractivity contribution in [2.24, 2.45) is 4.99 Å². The number of hydrogen-bond acceptors (Lipinski definition) is 4. The third kappa shape index (κ3) is 2.09. The van der Waals surface area contributed by atoms with Crippen molar-refractivity contribution in [1.82, 2.24) is 0 Å². The molecule has 2 aromatic rings. The number of alkyl halides is 3. The van der Waals surface area contributed by atoms with E-state index in [2.05, 4.69) is 4.99 Å². The zero-order valence-corrected chi connectivity index (χ0v) is 14.0. The smallest absolute Gasteiger partial charge is 0.407 e. The van der Waals surface area contributed by atoms with E-state index >= 15 is 0 Å². The lowest BCUT2D eigenvalue weighted by Gasteiger charge is -2.34. The summed E-state index contributed by atoms with van der Waals surface area (Å²) < 4.78 is 48.1. The van der Waals surface area contributed by atoms with Crippen LogP contribution in [0.5, 0.6) is 0 Å². The van der Waals surface area contributed by atoms with Gasteiger partial charge in [-0.1, -0.05) is 24.3 Å². The third-order valence-corrected chi connectivity index (χ3v) is 4.92. The molecular formula is C19H15F3N2O2. The summed E-state index contributed by atoms with van der Waals surface area (Å²) in [4.78, 5) is 18.1. The van der Waals surface area contributed by atoms with Gasteiger partial charge >= 0.3 is 12.1 Å². The molecule has 2 heterocycles. The predicted octanol–water partition coefficient (Wildman–Crippen LogP) is 4.18. The Hall–Kier alpha value is -2.83. The largest absolute Gasteiger partial charge is 0.452 e. The predicted molar refractivity (Wildman–Crippen MR) is 91.3 cm³/mol. The second kappa shape index (κ2) is 5.33. The molecule has 0 fully saturated rings. The highest BCUT2D eigenvalue weighted by Gasteiger charge is 2.66. The van der Waals surface area contributed by atoms with Crippen LogP contribution >= 0.6 is 0 Å². The minimum Gasteiger partial charge on any atom is -0.452 e. The van der Waals surface area contributed by atoms with Crippen molar-refractivity contribution in [2.45, 2.75) is 17.7 Å². The molecule has 2 atom stereocenters. The van der Waals surface area contributed by atoms with Crippen molar-refractivity contribution in [3.63, 3.8) is 0 Å². The molecule has 0 bridgehead atoms. The van der Waals surface area contributed by atoms with Gasteiger partial charge in [0, 0.05) is 37.1 Å². The van der Waals surface area contributed by atoms with Gasteiger partial charge in [0.25, 0.3) is 0 Å². The topological polar surface area (TPSA) is 41.9 Å². The van der Waals surface area contributed by atoms with E-state index < -0.39 is 23.7 Å². The number of aliphatic imine (C=N–C) groups is 1. The SMILES string of the molecule is CN(C)c1ccc2c(c1)C(=O)OC2C1(C(F)(F)F)C=Nc2ccccc21. The van der Waals surface area contributed by atoms with Crippen molar-refractivity contribution in [3.05, 3.63) is 59.2 Å². The fraction of sp³-hybridized carbons (Fsp3) is 0.263. The van der Waals surface area contributed by atoms with Crippen LogP contribution in [0, 0.1) is 0 Å². The monoisotopic (exact) mass is 360 g/mol. The fourth-order valence-corrected chi connectivity index (χ4v) is 3.56. The van der Waals surface area contributed by atoms with Gasteiger partial charge in [-0.05, 0) is 18.2 Å². The van der Waals surface area contributed by atoms with E-state index in [1.165, 1.54) is 24.3 Å². The Morgan fingerprint density at radius 1 is 1.15 bits per heavy atom. The maximum absolute atomic E-state index is 14.3. The van der Waals surface area contributed by atoms with Crippen LogP contribution in [-0.4, -0.2) is 32.5 Å². The van der Waals surface area contributed by atoms with Gasteiger partial charge in [-0.25, -0.2) is 4.79 Å². The van der Waals surface area contributed by atoms with Gasteiger partial charge in [-0.15, -0.1) is 0 Å². The normalized spacial score (nSPS) is 23.6. The Labute approximate surface area is 147 Å². The van der Waals surface area contributed by atoms with Crippen LogP contribution in [0.3, 0.4) is 0 Å². The number of carbonyl (C=O) groups is 1. The Balaban J connectivity index is 1.93. The summed E-state index contributed by atoms with van der Waals surface area (Å²) in [6, 6.07) is 10.8. The van der Waals surface area contributed by atoms with Gasteiger partial charge in [0.15, 0.2) is 11.5 Å². The van der Waals surface area contributed by atoms with Crippen molar-refractivity contribution >= 4 is 23.6 Å². The molecule has 2 aliphatic rings. The molecule has 0 amide bonds.